The zero-order chi connectivity index (χ0) is 12.5. The van der Waals surface area contributed by atoms with Crippen LogP contribution in [0.25, 0.3) is 11.7 Å². The van der Waals surface area contributed by atoms with Crippen molar-refractivity contribution in [3.63, 3.8) is 0 Å². The molecule has 0 spiro atoms. The molecule has 0 saturated heterocycles. The van der Waals surface area contributed by atoms with Crippen LogP contribution >= 0.6 is 27.3 Å². The highest BCUT2D eigenvalue weighted by Crippen LogP contribution is 2.21. The molecule has 0 amide bonds. The molecule has 0 saturated carbocycles. The van der Waals surface area contributed by atoms with Gasteiger partial charge >= 0.3 is 5.76 Å². The van der Waals surface area contributed by atoms with Crippen molar-refractivity contribution in [2.75, 3.05) is 0 Å². The lowest BCUT2D eigenvalue weighted by molar-refractivity contribution is 0.476. The van der Waals surface area contributed by atoms with Crippen LogP contribution in [0, 0.1) is 0 Å². The number of hydrogen-bond donors (Lipinski definition) is 0. The first-order valence-corrected chi connectivity index (χ1v) is 6.74. The lowest BCUT2D eigenvalue weighted by Gasteiger charge is -1.93. The summed E-state index contributed by atoms with van der Waals surface area (Å²) in [5.41, 5.74) is 0.994. The molecular weight excluding hydrogens is 320 g/mol. The first-order chi connectivity index (χ1) is 8.72. The fourth-order valence-electron chi connectivity index (χ4n) is 1.51. The van der Waals surface area contributed by atoms with E-state index in [-0.39, 0.29) is 5.89 Å². The molecule has 3 aromatic heterocycles. The van der Waals surface area contributed by atoms with Crippen molar-refractivity contribution in [2.24, 2.45) is 0 Å². The van der Waals surface area contributed by atoms with Crippen LogP contribution in [-0.4, -0.2) is 9.78 Å². The number of aromatic nitrogens is 2. The topological polar surface area (TPSA) is 61.2 Å². The van der Waals surface area contributed by atoms with Gasteiger partial charge in [-0.15, -0.1) is 16.4 Å². The number of halogens is 1. The van der Waals surface area contributed by atoms with Crippen molar-refractivity contribution < 1.29 is 8.83 Å². The summed E-state index contributed by atoms with van der Waals surface area (Å²) in [6, 6.07) is 5.35. The second kappa shape index (κ2) is 4.58. The minimum Gasteiger partial charge on any atom is -0.459 e. The van der Waals surface area contributed by atoms with Crippen LogP contribution in [0.2, 0.25) is 0 Å². The summed E-state index contributed by atoms with van der Waals surface area (Å²) < 4.78 is 12.4. The third-order valence-electron chi connectivity index (χ3n) is 2.29. The standard InChI is InChI=1S/C11H7BrN2O3S/c12-9-4-7(6-18-9)5-14-11(15)17-10(13-14)8-2-1-3-16-8/h1-4,6H,5H2. The van der Waals surface area contributed by atoms with Gasteiger partial charge in [-0.05, 0) is 45.1 Å². The van der Waals surface area contributed by atoms with Crippen molar-refractivity contribution in [3.05, 3.63) is 49.7 Å². The summed E-state index contributed by atoms with van der Waals surface area (Å²) in [4.78, 5) is 11.6. The monoisotopic (exact) mass is 326 g/mol. The van der Waals surface area contributed by atoms with Gasteiger partial charge in [0.2, 0.25) is 0 Å². The van der Waals surface area contributed by atoms with Crippen molar-refractivity contribution in [1.29, 1.82) is 0 Å². The second-order valence-corrected chi connectivity index (χ2v) is 5.86. The summed E-state index contributed by atoms with van der Waals surface area (Å²) in [5.74, 6) is 0.139. The minimum absolute atomic E-state index is 0.194. The Balaban J connectivity index is 1.92. The van der Waals surface area contributed by atoms with E-state index in [1.165, 1.54) is 10.9 Å². The van der Waals surface area contributed by atoms with Crippen LogP contribution < -0.4 is 5.76 Å². The van der Waals surface area contributed by atoms with Gasteiger partial charge in [0.25, 0.3) is 5.89 Å². The van der Waals surface area contributed by atoms with E-state index < -0.39 is 5.76 Å². The molecular formula is C11H7BrN2O3S. The van der Waals surface area contributed by atoms with Crippen LogP contribution in [0.1, 0.15) is 5.56 Å². The van der Waals surface area contributed by atoms with Gasteiger partial charge in [0.1, 0.15) is 0 Å². The number of rotatable bonds is 3. The van der Waals surface area contributed by atoms with Crippen LogP contribution in [0.5, 0.6) is 0 Å². The van der Waals surface area contributed by atoms with Gasteiger partial charge in [0, 0.05) is 0 Å². The van der Waals surface area contributed by atoms with Gasteiger partial charge in [-0.3, -0.25) is 0 Å². The summed E-state index contributed by atoms with van der Waals surface area (Å²) in [6.07, 6.45) is 1.50. The third kappa shape index (κ3) is 2.19. The Labute approximate surface area is 114 Å². The molecule has 5 nitrogen and oxygen atoms in total. The average molecular weight is 327 g/mol. The van der Waals surface area contributed by atoms with Gasteiger partial charge < -0.3 is 8.83 Å². The molecule has 7 heteroatoms. The Morgan fingerprint density at radius 2 is 2.39 bits per heavy atom. The highest BCUT2D eigenvalue weighted by atomic mass is 79.9. The van der Waals surface area contributed by atoms with Crippen LogP contribution in [0.15, 0.2) is 47.3 Å². The molecule has 0 atom stereocenters. The van der Waals surface area contributed by atoms with E-state index in [1.54, 1.807) is 23.5 Å². The summed E-state index contributed by atoms with van der Waals surface area (Å²) in [6.45, 7) is 0.380. The summed E-state index contributed by atoms with van der Waals surface area (Å²) in [7, 11) is 0. The van der Waals surface area contributed by atoms with Gasteiger partial charge in [-0.25, -0.2) is 4.79 Å². The Hall–Kier alpha value is -1.60. The SMILES string of the molecule is O=c1oc(-c2ccco2)nn1Cc1csc(Br)c1. The predicted molar refractivity (Wildman–Crippen MR) is 69.6 cm³/mol. The molecule has 3 rings (SSSR count). The number of thiophene rings is 1. The van der Waals surface area contributed by atoms with E-state index >= 15 is 0 Å². The molecule has 92 valence electrons. The van der Waals surface area contributed by atoms with Crippen molar-refractivity contribution in [3.8, 4) is 11.7 Å². The van der Waals surface area contributed by atoms with Gasteiger partial charge in [0.05, 0.1) is 16.6 Å². The van der Waals surface area contributed by atoms with Gasteiger partial charge in [-0.2, -0.15) is 4.68 Å². The molecule has 0 aliphatic rings. The highest BCUT2D eigenvalue weighted by molar-refractivity contribution is 9.11. The van der Waals surface area contributed by atoms with E-state index in [0.29, 0.717) is 12.3 Å². The summed E-state index contributed by atoms with van der Waals surface area (Å²) >= 11 is 4.93. The average Bonchev–Trinajstić information content (AvgIpc) is 3.02. The van der Waals surface area contributed by atoms with Gasteiger partial charge in [0.15, 0.2) is 5.76 Å². The maximum atomic E-state index is 11.6. The molecule has 3 heterocycles. The van der Waals surface area contributed by atoms with Crippen molar-refractivity contribution >= 4 is 27.3 Å². The maximum absolute atomic E-state index is 11.6. The lowest BCUT2D eigenvalue weighted by atomic mass is 10.3. The summed E-state index contributed by atoms with van der Waals surface area (Å²) in [5, 5.41) is 6.05. The molecule has 3 aromatic rings. The molecule has 0 radical (unpaired) electrons. The largest absolute Gasteiger partial charge is 0.459 e. The van der Waals surface area contributed by atoms with Crippen LogP contribution in [-0.2, 0) is 6.54 Å². The lowest BCUT2D eigenvalue weighted by Crippen LogP contribution is -2.16. The molecule has 0 aliphatic heterocycles. The van der Waals surface area contributed by atoms with E-state index in [1.807, 2.05) is 11.4 Å². The van der Waals surface area contributed by atoms with E-state index in [9.17, 15) is 4.79 Å². The Morgan fingerprint density at radius 1 is 1.50 bits per heavy atom. The Kier molecular flexibility index (Phi) is 2.92. The molecule has 0 bridgehead atoms. The minimum atomic E-state index is -0.497. The van der Waals surface area contributed by atoms with E-state index in [0.717, 1.165) is 9.35 Å². The highest BCUT2D eigenvalue weighted by Gasteiger charge is 2.12. The zero-order valence-electron chi connectivity index (χ0n) is 9.00. The molecule has 0 unspecified atom stereocenters. The molecule has 0 fully saturated rings. The molecule has 18 heavy (non-hydrogen) atoms. The second-order valence-electron chi connectivity index (χ2n) is 3.57. The molecule has 0 aromatic carbocycles. The van der Waals surface area contributed by atoms with Gasteiger partial charge in [-0.1, -0.05) is 0 Å². The zero-order valence-corrected chi connectivity index (χ0v) is 11.4. The predicted octanol–water partition coefficient (Wildman–Crippen LogP) is 2.97. The Morgan fingerprint density at radius 3 is 3.06 bits per heavy atom. The molecule has 0 N–H and O–H groups in total. The first kappa shape index (κ1) is 11.5. The first-order valence-electron chi connectivity index (χ1n) is 5.07. The number of furan rings is 1. The fraction of sp³-hybridized carbons (Fsp3) is 0.0909. The smallest absolute Gasteiger partial charge is 0.437 e. The maximum Gasteiger partial charge on any atom is 0.437 e. The normalized spacial score (nSPS) is 10.9. The third-order valence-corrected chi connectivity index (χ3v) is 3.85. The Bertz CT molecular complexity index is 711. The fourth-order valence-corrected chi connectivity index (χ4v) is 2.71. The number of nitrogens with zero attached hydrogens (tertiary/aromatic N) is 2. The van der Waals surface area contributed by atoms with E-state index in [2.05, 4.69) is 21.0 Å². The van der Waals surface area contributed by atoms with Crippen LogP contribution in [0.3, 0.4) is 0 Å². The molecule has 0 aliphatic carbocycles. The van der Waals surface area contributed by atoms with Crippen LogP contribution in [0.4, 0.5) is 0 Å². The van der Waals surface area contributed by atoms with Crippen molar-refractivity contribution in [2.45, 2.75) is 6.54 Å². The van der Waals surface area contributed by atoms with Crippen molar-refractivity contribution in [1.82, 2.24) is 9.78 Å². The quantitative estimate of drug-likeness (QED) is 0.742. The number of hydrogen-bond acceptors (Lipinski definition) is 5. The van der Waals surface area contributed by atoms with E-state index in [4.69, 9.17) is 8.83 Å².